The van der Waals surface area contributed by atoms with Crippen LogP contribution < -0.4 is 10.1 Å². The molecule has 1 aliphatic heterocycles. The number of fused-ring (bicyclic) bond motifs is 1. The number of allylic oxidation sites excluding steroid dienone is 1. The number of benzene rings is 3. The Kier molecular flexibility index (Phi) is 8.86. The number of carbonyl (C=O) groups is 1. The van der Waals surface area contributed by atoms with Crippen molar-refractivity contribution in [1.82, 2.24) is 14.8 Å². The molecule has 1 unspecified atom stereocenters. The Balaban J connectivity index is 1.45. The van der Waals surface area contributed by atoms with Crippen LogP contribution in [0.1, 0.15) is 55.0 Å². The van der Waals surface area contributed by atoms with E-state index in [2.05, 4.69) is 31.3 Å². The number of aromatic nitrogens is 3. The van der Waals surface area contributed by atoms with Crippen molar-refractivity contribution in [2.24, 2.45) is 0 Å². The Morgan fingerprint density at radius 2 is 1.80 bits per heavy atom. The quantitative estimate of drug-likeness (QED) is 0.120. The maximum atomic E-state index is 13.6. The molecule has 0 saturated carbocycles. The summed E-state index contributed by atoms with van der Waals surface area (Å²) in [6.45, 7) is 6.76. The van der Waals surface area contributed by atoms with E-state index < -0.39 is 12.0 Å². The molecular formula is C32H34N4O3S. The van der Waals surface area contributed by atoms with E-state index in [9.17, 15) is 4.79 Å². The summed E-state index contributed by atoms with van der Waals surface area (Å²) in [6, 6.07) is 25.2. The van der Waals surface area contributed by atoms with E-state index in [0.717, 1.165) is 35.3 Å². The van der Waals surface area contributed by atoms with Crippen LogP contribution >= 0.6 is 11.8 Å². The Morgan fingerprint density at radius 3 is 2.60 bits per heavy atom. The van der Waals surface area contributed by atoms with E-state index in [4.69, 9.17) is 19.6 Å². The lowest BCUT2D eigenvalue weighted by Crippen LogP contribution is -2.29. The first-order chi connectivity index (χ1) is 19.5. The van der Waals surface area contributed by atoms with Crippen molar-refractivity contribution < 1.29 is 14.3 Å². The van der Waals surface area contributed by atoms with Crippen LogP contribution in [-0.2, 0) is 22.7 Å². The SMILES string of the molecule is CCCCSc1nc2n(n1)C(c1cccc(OCc3ccccc3C)c1)C(C(=O)OCc1ccccc1)=C(C)N2. The molecule has 206 valence electrons. The highest BCUT2D eigenvalue weighted by molar-refractivity contribution is 7.99. The molecule has 0 bridgehead atoms. The van der Waals surface area contributed by atoms with E-state index in [1.54, 1.807) is 16.4 Å². The fourth-order valence-corrected chi connectivity index (χ4v) is 5.49. The molecule has 0 aliphatic carbocycles. The molecule has 1 N–H and O–H groups in total. The summed E-state index contributed by atoms with van der Waals surface area (Å²) in [4.78, 5) is 18.3. The Morgan fingerprint density at radius 1 is 1.00 bits per heavy atom. The lowest BCUT2D eigenvalue weighted by Gasteiger charge is -2.28. The molecular weight excluding hydrogens is 520 g/mol. The standard InChI is InChI=1S/C32H34N4O3S/c1-4-5-18-40-32-34-31-33-23(3)28(30(37)39-20-24-13-7-6-8-14-24)29(36(31)35-32)25-16-11-17-27(19-25)38-21-26-15-10-9-12-22(26)2/h6-17,19,29H,4-5,18,20-21H2,1-3H3,(H,33,34,35). The smallest absolute Gasteiger partial charge is 0.338 e. The number of hydrogen-bond donors (Lipinski definition) is 1. The van der Waals surface area contributed by atoms with Crippen LogP contribution in [0.4, 0.5) is 5.95 Å². The van der Waals surface area contributed by atoms with Gasteiger partial charge in [-0.3, -0.25) is 0 Å². The number of thioether (sulfide) groups is 1. The van der Waals surface area contributed by atoms with Gasteiger partial charge in [-0.05, 0) is 54.7 Å². The maximum Gasteiger partial charge on any atom is 0.338 e. The molecule has 7 nitrogen and oxygen atoms in total. The second-order valence-corrected chi connectivity index (χ2v) is 10.8. The van der Waals surface area contributed by atoms with Gasteiger partial charge < -0.3 is 14.8 Å². The van der Waals surface area contributed by atoms with Gasteiger partial charge in [-0.2, -0.15) is 4.98 Å². The highest BCUT2D eigenvalue weighted by Gasteiger charge is 2.35. The Labute approximate surface area is 239 Å². The molecule has 8 heteroatoms. The number of rotatable bonds is 11. The summed E-state index contributed by atoms with van der Waals surface area (Å²) in [7, 11) is 0. The van der Waals surface area contributed by atoms with E-state index in [0.29, 0.717) is 34.7 Å². The molecule has 4 aromatic rings. The van der Waals surface area contributed by atoms with Crippen molar-refractivity contribution in [2.45, 2.75) is 58.0 Å². The van der Waals surface area contributed by atoms with Crippen molar-refractivity contribution in [3.8, 4) is 5.75 Å². The number of hydrogen-bond acceptors (Lipinski definition) is 7. The fourth-order valence-electron chi connectivity index (χ4n) is 4.58. The molecule has 3 aromatic carbocycles. The van der Waals surface area contributed by atoms with Gasteiger partial charge in [0.1, 0.15) is 25.0 Å². The third-order valence-electron chi connectivity index (χ3n) is 6.82. The highest BCUT2D eigenvalue weighted by Crippen LogP contribution is 2.38. The Hall–Kier alpha value is -4.04. The number of ether oxygens (including phenoxy) is 2. The summed E-state index contributed by atoms with van der Waals surface area (Å²) in [6.07, 6.45) is 2.19. The molecule has 5 rings (SSSR count). The van der Waals surface area contributed by atoms with E-state index in [-0.39, 0.29) is 6.61 Å². The third kappa shape index (κ3) is 6.39. The lowest BCUT2D eigenvalue weighted by molar-refractivity contribution is -0.140. The van der Waals surface area contributed by atoms with E-state index in [1.165, 1.54) is 5.56 Å². The first-order valence-electron chi connectivity index (χ1n) is 13.6. The number of anilines is 1. The van der Waals surface area contributed by atoms with Crippen LogP contribution in [0.25, 0.3) is 0 Å². The van der Waals surface area contributed by atoms with Gasteiger partial charge in [0.05, 0.1) is 5.57 Å². The van der Waals surface area contributed by atoms with Crippen molar-refractivity contribution in [1.29, 1.82) is 0 Å². The third-order valence-corrected chi connectivity index (χ3v) is 7.75. The van der Waals surface area contributed by atoms with Gasteiger partial charge in [-0.1, -0.05) is 91.8 Å². The minimum Gasteiger partial charge on any atom is -0.489 e. The summed E-state index contributed by atoms with van der Waals surface area (Å²) >= 11 is 1.62. The first-order valence-corrected chi connectivity index (χ1v) is 14.6. The number of aryl methyl sites for hydroxylation is 1. The number of esters is 1. The van der Waals surface area contributed by atoms with Gasteiger partial charge in [0, 0.05) is 11.4 Å². The zero-order valence-electron chi connectivity index (χ0n) is 23.1. The van der Waals surface area contributed by atoms with Gasteiger partial charge in [0.2, 0.25) is 11.1 Å². The predicted molar refractivity (Wildman–Crippen MR) is 158 cm³/mol. The molecule has 1 aromatic heterocycles. The molecule has 1 atom stereocenters. The summed E-state index contributed by atoms with van der Waals surface area (Å²) < 4.78 is 13.8. The van der Waals surface area contributed by atoms with Crippen LogP contribution in [0.5, 0.6) is 5.75 Å². The Bertz CT molecular complexity index is 1500. The average molecular weight is 555 g/mol. The first kappa shape index (κ1) is 27.5. The number of unbranched alkanes of at least 4 members (excludes halogenated alkanes) is 1. The van der Waals surface area contributed by atoms with Crippen LogP contribution in [-0.4, -0.2) is 26.5 Å². The second kappa shape index (κ2) is 12.9. The van der Waals surface area contributed by atoms with Crippen molar-refractivity contribution in [2.75, 3.05) is 11.1 Å². The van der Waals surface area contributed by atoms with Gasteiger partial charge in [0.25, 0.3) is 0 Å². The van der Waals surface area contributed by atoms with Gasteiger partial charge in [-0.25, -0.2) is 9.48 Å². The molecule has 40 heavy (non-hydrogen) atoms. The van der Waals surface area contributed by atoms with Crippen molar-refractivity contribution in [3.05, 3.63) is 112 Å². The topological polar surface area (TPSA) is 78.3 Å². The largest absolute Gasteiger partial charge is 0.489 e. The number of nitrogens with zero attached hydrogens (tertiary/aromatic N) is 3. The van der Waals surface area contributed by atoms with Crippen molar-refractivity contribution in [3.63, 3.8) is 0 Å². The molecule has 0 fully saturated rings. The number of carbonyl (C=O) groups excluding carboxylic acids is 1. The molecule has 0 spiro atoms. The second-order valence-electron chi connectivity index (χ2n) is 9.78. The number of nitrogens with one attached hydrogen (secondary N) is 1. The fraction of sp³-hybridized carbons (Fsp3) is 0.281. The predicted octanol–water partition coefficient (Wildman–Crippen LogP) is 7.09. The van der Waals surface area contributed by atoms with Gasteiger partial charge in [-0.15, -0.1) is 5.10 Å². The molecule has 0 amide bonds. The zero-order valence-corrected chi connectivity index (χ0v) is 23.9. The van der Waals surface area contributed by atoms with Crippen LogP contribution in [0, 0.1) is 6.92 Å². The minimum absolute atomic E-state index is 0.186. The van der Waals surface area contributed by atoms with Crippen molar-refractivity contribution >= 4 is 23.7 Å². The van der Waals surface area contributed by atoms with Crippen LogP contribution in [0.2, 0.25) is 0 Å². The van der Waals surface area contributed by atoms with Gasteiger partial charge >= 0.3 is 5.97 Å². The monoisotopic (exact) mass is 554 g/mol. The summed E-state index contributed by atoms with van der Waals surface area (Å²) in [5, 5.41) is 8.79. The van der Waals surface area contributed by atoms with Gasteiger partial charge in [0.15, 0.2) is 0 Å². The summed E-state index contributed by atoms with van der Waals surface area (Å²) in [5.41, 5.74) is 5.29. The zero-order chi connectivity index (χ0) is 27.9. The molecule has 2 heterocycles. The van der Waals surface area contributed by atoms with Crippen LogP contribution in [0.3, 0.4) is 0 Å². The van der Waals surface area contributed by atoms with E-state index in [1.807, 2.05) is 73.7 Å². The maximum absolute atomic E-state index is 13.6. The van der Waals surface area contributed by atoms with E-state index >= 15 is 0 Å². The summed E-state index contributed by atoms with van der Waals surface area (Å²) in [5.74, 6) is 1.86. The molecule has 0 radical (unpaired) electrons. The normalized spacial score (nSPS) is 14.4. The molecule has 0 saturated heterocycles. The minimum atomic E-state index is -0.519. The molecule has 1 aliphatic rings. The highest BCUT2D eigenvalue weighted by atomic mass is 32.2. The average Bonchev–Trinajstić information content (AvgIpc) is 3.37. The van der Waals surface area contributed by atoms with Crippen LogP contribution in [0.15, 0.2) is 95.3 Å². The lowest BCUT2D eigenvalue weighted by atomic mass is 9.95.